The highest BCUT2D eigenvalue weighted by Gasteiger charge is 2.05. The van der Waals surface area contributed by atoms with Crippen LogP contribution in [0.15, 0.2) is 41.6 Å². The van der Waals surface area contributed by atoms with Crippen LogP contribution in [0.1, 0.15) is 12.0 Å². The third-order valence-corrected chi connectivity index (χ3v) is 4.00. The Morgan fingerprint density at radius 1 is 1.04 bits per heavy atom. The van der Waals surface area contributed by atoms with Crippen molar-refractivity contribution in [2.75, 3.05) is 5.32 Å². The summed E-state index contributed by atoms with van der Waals surface area (Å²) in [4.78, 5) is 16.9. The molecule has 126 valence electrons. The maximum Gasteiger partial charge on any atom is 0.229 e. The predicted octanol–water partition coefficient (Wildman–Crippen LogP) is 5.83. The van der Waals surface area contributed by atoms with Crippen LogP contribution >= 0.6 is 46.4 Å². The number of benzene rings is 2. The first kappa shape index (κ1) is 18.9. The summed E-state index contributed by atoms with van der Waals surface area (Å²) >= 11 is 23.6. The summed E-state index contributed by atoms with van der Waals surface area (Å²) in [7, 11) is 0. The topological polar surface area (TPSA) is 50.7 Å². The summed E-state index contributed by atoms with van der Waals surface area (Å²) < 4.78 is 0. The van der Waals surface area contributed by atoms with Crippen molar-refractivity contribution < 1.29 is 9.63 Å². The number of carbonyl (C=O) groups excluding carboxylic acids is 1. The number of nitrogens with one attached hydrogen (secondary N) is 1. The lowest BCUT2D eigenvalue weighted by atomic mass is 10.2. The number of hydrogen-bond donors (Lipinski definition) is 1. The number of hydrogen-bond acceptors (Lipinski definition) is 3. The molecule has 0 saturated carbocycles. The van der Waals surface area contributed by atoms with Crippen LogP contribution in [-0.4, -0.2) is 12.1 Å². The predicted molar refractivity (Wildman–Crippen MR) is 99.5 cm³/mol. The Bertz CT molecular complexity index is 766. The summed E-state index contributed by atoms with van der Waals surface area (Å²) in [5.41, 5.74) is 1.23. The van der Waals surface area contributed by atoms with Crippen LogP contribution in [0.4, 0.5) is 5.69 Å². The molecule has 4 nitrogen and oxygen atoms in total. The lowest BCUT2D eigenvalue weighted by Gasteiger charge is -2.06. The van der Waals surface area contributed by atoms with Gasteiger partial charge in [0.05, 0.1) is 23.3 Å². The summed E-state index contributed by atoms with van der Waals surface area (Å²) in [5, 5.41) is 8.26. The van der Waals surface area contributed by atoms with E-state index in [1.54, 1.807) is 36.4 Å². The van der Waals surface area contributed by atoms with E-state index in [-0.39, 0.29) is 18.9 Å². The van der Waals surface area contributed by atoms with Gasteiger partial charge in [-0.25, -0.2) is 0 Å². The number of halogens is 4. The molecule has 0 aromatic heterocycles. The van der Waals surface area contributed by atoms with E-state index in [1.807, 2.05) is 0 Å². The molecule has 0 aliphatic carbocycles. The molecule has 2 aromatic carbocycles. The monoisotopic (exact) mass is 404 g/mol. The van der Waals surface area contributed by atoms with E-state index in [9.17, 15) is 4.79 Å². The van der Waals surface area contributed by atoms with Crippen LogP contribution in [0.2, 0.25) is 20.1 Å². The first-order valence-electron chi connectivity index (χ1n) is 6.78. The van der Waals surface area contributed by atoms with Gasteiger partial charge in [0.25, 0.3) is 0 Å². The van der Waals surface area contributed by atoms with Gasteiger partial charge >= 0.3 is 0 Å². The van der Waals surface area contributed by atoms with Gasteiger partial charge in [-0.05, 0) is 30.3 Å². The average molecular weight is 406 g/mol. The molecule has 0 fully saturated rings. The Balaban J connectivity index is 1.78. The second-order valence-corrected chi connectivity index (χ2v) is 6.36. The van der Waals surface area contributed by atoms with Crippen LogP contribution in [0, 0.1) is 0 Å². The molecule has 2 rings (SSSR count). The molecule has 0 saturated heterocycles. The van der Waals surface area contributed by atoms with Crippen LogP contribution in [-0.2, 0) is 16.2 Å². The highest BCUT2D eigenvalue weighted by atomic mass is 35.5. The molecule has 24 heavy (non-hydrogen) atoms. The Morgan fingerprint density at radius 2 is 1.71 bits per heavy atom. The summed E-state index contributed by atoms with van der Waals surface area (Å²) in [6, 6.07) is 9.88. The van der Waals surface area contributed by atoms with Gasteiger partial charge in [-0.3, -0.25) is 4.79 Å². The number of anilines is 1. The van der Waals surface area contributed by atoms with E-state index >= 15 is 0 Å². The van der Waals surface area contributed by atoms with Gasteiger partial charge in [0.1, 0.15) is 6.61 Å². The average Bonchev–Trinajstić information content (AvgIpc) is 2.51. The van der Waals surface area contributed by atoms with Crippen molar-refractivity contribution in [2.24, 2.45) is 5.16 Å². The second-order valence-electron chi connectivity index (χ2n) is 4.67. The van der Waals surface area contributed by atoms with Gasteiger partial charge < -0.3 is 10.2 Å². The molecule has 0 spiro atoms. The van der Waals surface area contributed by atoms with Gasteiger partial charge in [0, 0.05) is 20.6 Å². The fourth-order valence-electron chi connectivity index (χ4n) is 1.71. The first-order valence-corrected chi connectivity index (χ1v) is 8.29. The zero-order valence-corrected chi connectivity index (χ0v) is 15.3. The van der Waals surface area contributed by atoms with Crippen molar-refractivity contribution in [3.63, 3.8) is 0 Å². The SMILES string of the molecule is O=C(C/C=N/OCc1ccc(Cl)cc1Cl)Nc1ccc(Cl)cc1Cl. The minimum Gasteiger partial charge on any atom is -0.391 e. The maximum atomic E-state index is 11.8. The quantitative estimate of drug-likeness (QED) is 0.485. The summed E-state index contributed by atoms with van der Waals surface area (Å²) in [6.07, 6.45) is 1.39. The normalized spacial score (nSPS) is 10.8. The maximum absolute atomic E-state index is 11.8. The van der Waals surface area contributed by atoms with E-state index < -0.39 is 0 Å². The van der Waals surface area contributed by atoms with Crippen LogP contribution < -0.4 is 5.32 Å². The van der Waals surface area contributed by atoms with E-state index in [2.05, 4.69) is 10.5 Å². The molecule has 0 aliphatic rings. The van der Waals surface area contributed by atoms with Crippen molar-refractivity contribution in [1.82, 2.24) is 0 Å². The first-order chi connectivity index (χ1) is 11.5. The fraction of sp³-hybridized carbons (Fsp3) is 0.125. The third-order valence-electron chi connectivity index (χ3n) is 2.87. The number of nitrogens with zero attached hydrogens (tertiary/aromatic N) is 1. The molecule has 1 N–H and O–H groups in total. The van der Waals surface area contributed by atoms with E-state index in [1.165, 1.54) is 6.21 Å². The Kier molecular flexibility index (Phi) is 7.18. The highest BCUT2D eigenvalue weighted by Crippen LogP contribution is 2.25. The molecular formula is C16H12Cl4N2O2. The standard InChI is InChI=1S/C16H12Cl4N2O2/c17-11-2-1-10(13(19)7-11)9-24-21-6-5-16(23)22-15-4-3-12(18)8-14(15)20/h1-4,6-8H,5,9H2,(H,22,23)/b21-6+. The molecular weight excluding hydrogens is 394 g/mol. The van der Waals surface area contributed by atoms with Crippen LogP contribution in [0.3, 0.4) is 0 Å². The van der Waals surface area contributed by atoms with Crippen molar-refractivity contribution in [2.45, 2.75) is 13.0 Å². The number of carbonyl (C=O) groups is 1. The van der Waals surface area contributed by atoms with E-state index in [0.29, 0.717) is 25.8 Å². The zero-order chi connectivity index (χ0) is 17.5. The third kappa shape index (κ3) is 5.87. The zero-order valence-electron chi connectivity index (χ0n) is 12.2. The molecule has 0 radical (unpaired) electrons. The molecule has 0 unspecified atom stereocenters. The summed E-state index contributed by atoms with van der Waals surface area (Å²) in [6.45, 7) is 0.178. The Hall–Kier alpha value is -1.46. The largest absolute Gasteiger partial charge is 0.391 e. The molecule has 0 aliphatic heterocycles. The van der Waals surface area contributed by atoms with E-state index in [4.69, 9.17) is 51.2 Å². The fourth-order valence-corrected chi connectivity index (χ4v) is 2.63. The van der Waals surface area contributed by atoms with Gasteiger partial charge in [0.15, 0.2) is 0 Å². The minimum atomic E-state index is -0.281. The van der Waals surface area contributed by atoms with Crippen LogP contribution in [0.25, 0.3) is 0 Å². The van der Waals surface area contributed by atoms with Gasteiger partial charge in [-0.2, -0.15) is 0 Å². The van der Waals surface area contributed by atoms with Crippen molar-refractivity contribution in [3.05, 3.63) is 62.1 Å². The van der Waals surface area contributed by atoms with Gasteiger partial charge in [-0.1, -0.05) is 57.6 Å². The van der Waals surface area contributed by atoms with Crippen molar-refractivity contribution in [3.8, 4) is 0 Å². The van der Waals surface area contributed by atoms with Crippen molar-refractivity contribution in [1.29, 1.82) is 0 Å². The number of amides is 1. The number of oxime groups is 1. The molecule has 2 aromatic rings. The molecule has 0 bridgehead atoms. The smallest absolute Gasteiger partial charge is 0.229 e. The van der Waals surface area contributed by atoms with E-state index in [0.717, 1.165) is 5.56 Å². The Morgan fingerprint density at radius 3 is 2.38 bits per heavy atom. The molecule has 0 atom stereocenters. The lowest BCUT2D eigenvalue weighted by molar-refractivity contribution is -0.115. The summed E-state index contributed by atoms with van der Waals surface area (Å²) in [5.74, 6) is -0.281. The number of rotatable bonds is 6. The van der Waals surface area contributed by atoms with Gasteiger partial charge in [-0.15, -0.1) is 0 Å². The Labute approximate surface area is 159 Å². The molecule has 8 heteroatoms. The molecule has 1 amide bonds. The highest BCUT2D eigenvalue weighted by molar-refractivity contribution is 6.36. The lowest BCUT2D eigenvalue weighted by Crippen LogP contribution is -2.12. The van der Waals surface area contributed by atoms with Gasteiger partial charge in [0.2, 0.25) is 5.91 Å². The minimum absolute atomic E-state index is 0.0350. The van der Waals surface area contributed by atoms with Crippen molar-refractivity contribution >= 4 is 64.2 Å². The molecule has 0 heterocycles. The second kappa shape index (κ2) is 9.14. The van der Waals surface area contributed by atoms with Crippen LogP contribution in [0.5, 0.6) is 0 Å².